The molecule has 2 aromatic carbocycles. The lowest BCUT2D eigenvalue weighted by Gasteiger charge is -2.38. The Bertz CT molecular complexity index is 1010. The van der Waals surface area contributed by atoms with Crippen molar-refractivity contribution in [2.45, 2.75) is 31.6 Å². The van der Waals surface area contributed by atoms with Gasteiger partial charge in [-0.1, -0.05) is 66.7 Å². The van der Waals surface area contributed by atoms with Gasteiger partial charge in [0.25, 0.3) is 0 Å². The van der Waals surface area contributed by atoms with Gasteiger partial charge in [0.15, 0.2) is 5.78 Å². The van der Waals surface area contributed by atoms with Crippen LogP contribution in [-0.2, 0) is 20.7 Å². The molecule has 0 fully saturated rings. The Labute approximate surface area is 181 Å². The minimum absolute atomic E-state index is 0.0586. The average molecular weight is 422 g/mol. The Morgan fingerprint density at radius 3 is 2.60 bits per heavy atom. The summed E-state index contributed by atoms with van der Waals surface area (Å²) in [4.78, 5) is 26.0. The van der Waals surface area contributed by atoms with E-state index in [9.17, 15) is 9.59 Å². The van der Waals surface area contributed by atoms with Gasteiger partial charge in [0.1, 0.15) is 5.92 Å². The molecule has 1 aliphatic heterocycles. The minimum Gasteiger partial charge on any atom is -0.465 e. The van der Waals surface area contributed by atoms with Crippen LogP contribution in [0.2, 0.25) is 5.02 Å². The van der Waals surface area contributed by atoms with E-state index in [4.69, 9.17) is 16.3 Å². The lowest BCUT2D eigenvalue weighted by molar-refractivity contribution is -0.147. The highest BCUT2D eigenvalue weighted by molar-refractivity contribution is 6.31. The number of halogens is 1. The maximum absolute atomic E-state index is 13.2. The van der Waals surface area contributed by atoms with E-state index in [2.05, 4.69) is 11.9 Å². The lowest BCUT2D eigenvalue weighted by Crippen LogP contribution is -2.41. The van der Waals surface area contributed by atoms with Gasteiger partial charge >= 0.3 is 5.97 Å². The van der Waals surface area contributed by atoms with E-state index in [1.54, 1.807) is 6.07 Å². The number of rotatable bonds is 5. The van der Waals surface area contributed by atoms with Gasteiger partial charge in [0, 0.05) is 40.7 Å². The van der Waals surface area contributed by atoms with Crippen LogP contribution >= 0.6 is 11.6 Å². The molecule has 154 valence electrons. The van der Waals surface area contributed by atoms with Crippen LogP contribution in [0.3, 0.4) is 0 Å². The third-order valence-corrected chi connectivity index (χ3v) is 6.10. The molecule has 1 heterocycles. The van der Waals surface area contributed by atoms with Crippen molar-refractivity contribution in [1.29, 1.82) is 0 Å². The zero-order chi connectivity index (χ0) is 21.1. The van der Waals surface area contributed by atoms with Gasteiger partial charge in [-0.05, 0) is 30.0 Å². The Morgan fingerprint density at radius 2 is 1.83 bits per heavy atom. The topological polar surface area (TPSA) is 55.4 Å². The lowest BCUT2D eigenvalue weighted by atomic mass is 9.71. The number of carbonyl (C=O) groups is 2. The van der Waals surface area contributed by atoms with Gasteiger partial charge in [0.2, 0.25) is 0 Å². The number of nitrogens with one attached hydrogen (secondary N) is 1. The predicted molar refractivity (Wildman–Crippen MR) is 117 cm³/mol. The molecule has 0 bridgehead atoms. The number of ketones is 1. The van der Waals surface area contributed by atoms with Gasteiger partial charge in [-0.25, -0.2) is 0 Å². The first-order chi connectivity index (χ1) is 14.6. The fourth-order valence-corrected chi connectivity index (χ4v) is 4.59. The maximum Gasteiger partial charge on any atom is 0.315 e. The number of ether oxygens (including phenoxy) is 1. The fourth-order valence-electron chi connectivity index (χ4n) is 4.34. The van der Waals surface area contributed by atoms with Crippen molar-refractivity contribution in [3.05, 3.63) is 94.3 Å². The van der Waals surface area contributed by atoms with Crippen LogP contribution in [0.4, 0.5) is 0 Å². The maximum atomic E-state index is 13.2. The first-order valence-corrected chi connectivity index (χ1v) is 10.6. The van der Waals surface area contributed by atoms with E-state index in [0.29, 0.717) is 29.1 Å². The van der Waals surface area contributed by atoms with Crippen molar-refractivity contribution in [3.63, 3.8) is 0 Å². The standard InChI is InChI=1S/C25H24ClNO3/c1-16-22(25(29)30-15-14-17-8-3-2-4-9-17)23(18-10-5-6-11-19(18)26)24-20(27-16)12-7-13-21(24)28/h2-6,8-11,22-23,27H,1,7,12-15H2. The summed E-state index contributed by atoms with van der Waals surface area (Å²) in [6.45, 7) is 4.37. The summed E-state index contributed by atoms with van der Waals surface area (Å²) in [5.74, 6) is -1.53. The Kier molecular flexibility index (Phi) is 6.05. The molecule has 1 aliphatic carbocycles. The van der Waals surface area contributed by atoms with Crippen LogP contribution in [-0.4, -0.2) is 18.4 Å². The SMILES string of the molecule is C=C1NC2=C(C(=O)CCC2)C(c2ccccc2Cl)C1C(=O)OCCc1ccccc1. The number of carbonyl (C=O) groups excluding carboxylic acids is 2. The molecule has 4 nitrogen and oxygen atoms in total. The molecule has 2 aliphatic rings. The molecule has 0 aromatic heterocycles. The molecule has 2 unspecified atom stereocenters. The molecule has 1 N–H and O–H groups in total. The van der Waals surface area contributed by atoms with E-state index in [-0.39, 0.29) is 12.4 Å². The van der Waals surface area contributed by atoms with E-state index >= 15 is 0 Å². The molecule has 30 heavy (non-hydrogen) atoms. The van der Waals surface area contributed by atoms with Crippen molar-refractivity contribution in [2.75, 3.05) is 6.61 Å². The summed E-state index contributed by atoms with van der Waals surface area (Å²) in [7, 11) is 0. The third-order valence-electron chi connectivity index (χ3n) is 5.76. The highest BCUT2D eigenvalue weighted by Gasteiger charge is 2.44. The number of Topliss-reactive ketones (excluding diaryl/α,β-unsaturated/α-hetero) is 1. The van der Waals surface area contributed by atoms with Crippen LogP contribution in [0.5, 0.6) is 0 Å². The first-order valence-electron chi connectivity index (χ1n) is 10.2. The molecule has 5 heteroatoms. The highest BCUT2D eigenvalue weighted by atomic mass is 35.5. The highest BCUT2D eigenvalue weighted by Crippen LogP contribution is 2.46. The third kappa shape index (κ3) is 4.05. The molecule has 0 saturated carbocycles. The van der Waals surface area contributed by atoms with Crippen molar-refractivity contribution >= 4 is 23.4 Å². The fraction of sp³-hybridized carbons (Fsp3) is 0.280. The molecule has 0 radical (unpaired) electrons. The van der Waals surface area contributed by atoms with E-state index in [1.807, 2.05) is 48.5 Å². The first kappa shape index (κ1) is 20.4. The van der Waals surface area contributed by atoms with Gasteiger partial charge in [-0.3, -0.25) is 9.59 Å². The smallest absolute Gasteiger partial charge is 0.315 e. The van der Waals surface area contributed by atoms with E-state index in [0.717, 1.165) is 29.7 Å². The minimum atomic E-state index is -0.707. The van der Waals surface area contributed by atoms with Crippen molar-refractivity contribution in [2.24, 2.45) is 5.92 Å². The van der Waals surface area contributed by atoms with Crippen molar-refractivity contribution in [3.8, 4) is 0 Å². The summed E-state index contributed by atoms with van der Waals surface area (Å²) in [5, 5.41) is 3.76. The number of esters is 1. The predicted octanol–water partition coefficient (Wildman–Crippen LogP) is 4.95. The number of allylic oxidation sites excluding steroid dienone is 2. The van der Waals surface area contributed by atoms with Crippen LogP contribution < -0.4 is 5.32 Å². The second-order valence-corrected chi connectivity index (χ2v) is 8.11. The summed E-state index contributed by atoms with van der Waals surface area (Å²) < 4.78 is 5.65. The second-order valence-electron chi connectivity index (χ2n) is 7.70. The Hall–Kier alpha value is -2.85. The second kappa shape index (κ2) is 8.88. The average Bonchev–Trinajstić information content (AvgIpc) is 2.74. The zero-order valence-electron chi connectivity index (χ0n) is 16.7. The molecular formula is C25H24ClNO3. The molecule has 0 amide bonds. The number of benzene rings is 2. The van der Waals surface area contributed by atoms with Crippen LogP contribution in [0.25, 0.3) is 0 Å². The Balaban J connectivity index is 1.63. The van der Waals surface area contributed by atoms with Crippen LogP contribution in [0.1, 0.15) is 36.3 Å². The molecule has 0 spiro atoms. The summed E-state index contributed by atoms with van der Waals surface area (Å²) in [6, 6.07) is 17.2. The number of hydrogen-bond donors (Lipinski definition) is 1. The normalized spacial score (nSPS) is 21.1. The zero-order valence-corrected chi connectivity index (χ0v) is 17.5. The van der Waals surface area contributed by atoms with Crippen molar-refractivity contribution in [1.82, 2.24) is 5.32 Å². The summed E-state index contributed by atoms with van der Waals surface area (Å²) in [5.41, 5.74) is 3.91. The van der Waals surface area contributed by atoms with E-state index in [1.165, 1.54) is 0 Å². The Morgan fingerprint density at radius 1 is 1.10 bits per heavy atom. The monoisotopic (exact) mass is 421 g/mol. The van der Waals surface area contributed by atoms with Crippen LogP contribution in [0, 0.1) is 5.92 Å². The summed E-state index contributed by atoms with van der Waals surface area (Å²) in [6.07, 6.45) is 2.66. The molecule has 0 saturated heterocycles. The molecular weight excluding hydrogens is 398 g/mol. The molecule has 2 aromatic rings. The van der Waals surface area contributed by atoms with Gasteiger partial charge in [-0.2, -0.15) is 0 Å². The molecule has 2 atom stereocenters. The summed E-state index contributed by atoms with van der Waals surface area (Å²) >= 11 is 6.50. The van der Waals surface area contributed by atoms with Gasteiger partial charge in [-0.15, -0.1) is 0 Å². The number of hydrogen-bond acceptors (Lipinski definition) is 4. The van der Waals surface area contributed by atoms with Gasteiger partial charge < -0.3 is 10.1 Å². The largest absolute Gasteiger partial charge is 0.465 e. The van der Waals surface area contributed by atoms with Crippen molar-refractivity contribution < 1.29 is 14.3 Å². The van der Waals surface area contributed by atoms with E-state index < -0.39 is 17.8 Å². The quantitative estimate of drug-likeness (QED) is 0.694. The van der Waals surface area contributed by atoms with Crippen LogP contribution in [0.15, 0.2) is 78.1 Å². The van der Waals surface area contributed by atoms with Gasteiger partial charge in [0.05, 0.1) is 6.61 Å². The molecule has 4 rings (SSSR count).